The maximum atomic E-state index is 12.6. The standard InChI is InChI=1S/C17H17N3O2S/c1-12-6-7-17(13(2)10-12)23(21,22)20-15-5-3-4-14(11-15)16-8-9-18-19-16/h3-11,20H,1-2H3,(H,18,19). The lowest BCUT2D eigenvalue weighted by Gasteiger charge is -2.11. The number of sulfonamides is 1. The van der Waals surface area contributed by atoms with E-state index in [9.17, 15) is 8.42 Å². The molecule has 0 aliphatic carbocycles. The molecular formula is C17H17N3O2S. The number of hydrogen-bond donors (Lipinski definition) is 2. The first-order valence-electron chi connectivity index (χ1n) is 7.15. The lowest BCUT2D eigenvalue weighted by atomic mass is 10.1. The van der Waals surface area contributed by atoms with E-state index in [0.717, 1.165) is 22.4 Å². The Bertz CT molecular complexity index is 932. The number of nitrogens with zero attached hydrogens (tertiary/aromatic N) is 1. The van der Waals surface area contributed by atoms with Gasteiger partial charge in [-0.3, -0.25) is 9.82 Å². The summed E-state index contributed by atoms with van der Waals surface area (Å²) in [5.41, 5.74) is 3.96. The van der Waals surface area contributed by atoms with Crippen LogP contribution in [0.3, 0.4) is 0 Å². The number of hydrogen-bond acceptors (Lipinski definition) is 3. The Labute approximate surface area is 135 Å². The molecule has 2 N–H and O–H groups in total. The number of benzene rings is 2. The molecule has 6 heteroatoms. The number of aryl methyl sites for hydroxylation is 2. The molecule has 0 atom stereocenters. The maximum absolute atomic E-state index is 12.6. The Morgan fingerprint density at radius 3 is 2.57 bits per heavy atom. The van der Waals surface area contributed by atoms with Gasteiger partial charge in [-0.05, 0) is 43.7 Å². The van der Waals surface area contributed by atoms with Crippen molar-refractivity contribution in [3.63, 3.8) is 0 Å². The van der Waals surface area contributed by atoms with E-state index in [-0.39, 0.29) is 4.90 Å². The van der Waals surface area contributed by atoms with E-state index in [1.807, 2.05) is 25.1 Å². The number of anilines is 1. The average Bonchev–Trinajstić information content (AvgIpc) is 3.00. The summed E-state index contributed by atoms with van der Waals surface area (Å²) in [5.74, 6) is 0. The largest absolute Gasteiger partial charge is 0.280 e. The highest BCUT2D eigenvalue weighted by Crippen LogP contribution is 2.24. The van der Waals surface area contributed by atoms with Crippen molar-refractivity contribution in [2.45, 2.75) is 18.7 Å². The van der Waals surface area contributed by atoms with Crippen LogP contribution in [0.15, 0.2) is 59.6 Å². The molecule has 1 heterocycles. The molecule has 0 saturated carbocycles. The Morgan fingerprint density at radius 2 is 1.87 bits per heavy atom. The molecule has 0 saturated heterocycles. The van der Waals surface area contributed by atoms with Gasteiger partial charge in [-0.15, -0.1) is 0 Å². The van der Waals surface area contributed by atoms with Crippen molar-refractivity contribution < 1.29 is 8.42 Å². The Morgan fingerprint density at radius 1 is 1.04 bits per heavy atom. The second-order valence-electron chi connectivity index (χ2n) is 5.43. The summed E-state index contributed by atoms with van der Waals surface area (Å²) >= 11 is 0. The third kappa shape index (κ3) is 3.27. The Balaban J connectivity index is 1.93. The van der Waals surface area contributed by atoms with Crippen molar-refractivity contribution >= 4 is 15.7 Å². The van der Waals surface area contributed by atoms with Gasteiger partial charge in [-0.1, -0.05) is 29.8 Å². The Hall–Kier alpha value is -2.60. The predicted octanol–water partition coefficient (Wildman–Crippen LogP) is 3.49. The van der Waals surface area contributed by atoms with Gasteiger partial charge in [0, 0.05) is 17.4 Å². The predicted molar refractivity (Wildman–Crippen MR) is 90.7 cm³/mol. The molecule has 0 bridgehead atoms. The van der Waals surface area contributed by atoms with Crippen LogP contribution in [0.2, 0.25) is 0 Å². The first-order chi connectivity index (χ1) is 11.0. The maximum Gasteiger partial charge on any atom is 0.262 e. The SMILES string of the molecule is Cc1ccc(S(=O)(=O)Nc2cccc(-c3ccn[nH]3)c2)c(C)c1. The molecule has 0 amide bonds. The van der Waals surface area contributed by atoms with E-state index in [4.69, 9.17) is 0 Å². The van der Waals surface area contributed by atoms with Gasteiger partial charge >= 0.3 is 0 Å². The van der Waals surface area contributed by atoms with Crippen molar-refractivity contribution in [1.29, 1.82) is 0 Å². The summed E-state index contributed by atoms with van der Waals surface area (Å²) in [6.07, 6.45) is 1.65. The minimum Gasteiger partial charge on any atom is -0.280 e. The lowest BCUT2D eigenvalue weighted by molar-refractivity contribution is 0.600. The summed E-state index contributed by atoms with van der Waals surface area (Å²) < 4.78 is 27.8. The number of H-pyrrole nitrogens is 1. The monoisotopic (exact) mass is 327 g/mol. The zero-order valence-corrected chi connectivity index (χ0v) is 13.7. The third-order valence-corrected chi connectivity index (χ3v) is 5.09. The quantitative estimate of drug-likeness (QED) is 0.770. The molecule has 118 valence electrons. The van der Waals surface area contributed by atoms with E-state index in [1.54, 1.807) is 43.5 Å². The van der Waals surface area contributed by atoms with E-state index in [0.29, 0.717) is 5.69 Å². The minimum atomic E-state index is -3.62. The van der Waals surface area contributed by atoms with Crippen LogP contribution in [0.1, 0.15) is 11.1 Å². The molecule has 0 radical (unpaired) electrons. The Kier molecular flexibility index (Phi) is 3.92. The minimum absolute atomic E-state index is 0.287. The zero-order valence-electron chi connectivity index (χ0n) is 12.9. The lowest BCUT2D eigenvalue weighted by Crippen LogP contribution is -2.14. The number of aromatic amines is 1. The highest BCUT2D eigenvalue weighted by molar-refractivity contribution is 7.92. The fourth-order valence-corrected chi connectivity index (χ4v) is 3.76. The van der Waals surface area contributed by atoms with Crippen LogP contribution in [0.5, 0.6) is 0 Å². The van der Waals surface area contributed by atoms with Gasteiger partial charge in [-0.2, -0.15) is 5.10 Å². The van der Waals surface area contributed by atoms with Crippen LogP contribution in [0.25, 0.3) is 11.3 Å². The van der Waals surface area contributed by atoms with Crippen molar-refractivity contribution in [3.05, 3.63) is 65.9 Å². The van der Waals surface area contributed by atoms with Crippen molar-refractivity contribution in [2.75, 3.05) is 4.72 Å². The molecule has 0 fully saturated rings. The molecule has 0 unspecified atom stereocenters. The normalized spacial score (nSPS) is 11.4. The molecule has 1 aromatic heterocycles. The molecular weight excluding hydrogens is 310 g/mol. The summed E-state index contributed by atoms with van der Waals surface area (Å²) in [5, 5.41) is 6.77. The van der Waals surface area contributed by atoms with Crippen molar-refractivity contribution in [1.82, 2.24) is 10.2 Å². The van der Waals surface area contributed by atoms with Crippen molar-refractivity contribution in [2.24, 2.45) is 0 Å². The van der Waals surface area contributed by atoms with Gasteiger partial charge in [0.25, 0.3) is 10.0 Å². The van der Waals surface area contributed by atoms with Gasteiger partial charge in [0.05, 0.1) is 10.6 Å². The van der Waals surface area contributed by atoms with Crippen LogP contribution in [0.4, 0.5) is 5.69 Å². The van der Waals surface area contributed by atoms with Gasteiger partial charge in [0.2, 0.25) is 0 Å². The van der Waals surface area contributed by atoms with E-state index < -0.39 is 10.0 Å². The molecule has 0 aliphatic heterocycles. The van der Waals surface area contributed by atoms with Crippen LogP contribution >= 0.6 is 0 Å². The second-order valence-corrected chi connectivity index (χ2v) is 7.08. The molecule has 23 heavy (non-hydrogen) atoms. The van der Waals surface area contributed by atoms with Crippen LogP contribution in [0, 0.1) is 13.8 Å². The summed E-state index contributed by atoms with van der Waals surface area (Å²) in [4.78, 5) is 0.287. The third-order valence-electron chi connectivity index (χ3n) is 3.55. The van der Waals surface area contributed by atoms with Gasteiger partial charge in [0.15, 0.2) is 0 Å². The summed E-state index contributed by atoms with van der Waals surface area (Å²) in [6.45, 7) is 3.73. The second kappa shape index (κ2) is 5.89. The highest BCUT2D eigenvalue weighted by atomic mass is 32.2. The van der Waals surface area contributed by atoms with E-state index in [1.165, 1.54) is 0 Å². The van der Waals surface area contributed by atoms with E-state index in [2.05, 4.69) is 14.9 Å². The summed E-state index contributed by atoms with van der Waals surface area (Å²) in [7, 11) is -3.62. The molecule has 3 aromatic rings. The number of nitrogens with one attached hydrogen (secondary N) is 2. The molecule has 5 nitrogen and oxygen atoms in total. The van der Waals surface area contributed by atoms with Crippen LogP contribution < -0.4 is 4.72 Å². The zero-order chi connectivity index (χ0) is 16.4. The molecule has 3 rings (SSSR count). The van der Waals surface area contributed by atoms with Crippen LogP contribution in [-0.4, -0.2) is 18.6 Å². The number of aromatic nitrogens is 2. The smallest absolute Gasteiger partial charge is 0.262 e. The average molecular weight is 327 g/mol. The topological polar surface area (TPSA) is 74.8 Å². The van der Waals surface area contributed by atoms with Gasteiger partial charge in [0.1, 0.15) is 0 Å². The van der Waals surface area contributed by atoms with E-state index >= 15 is 0 Å². The molecule has 0 aliphatic rings. The summed E-state index contributed by atoms with van der Waals surface area (Å²) in [6, 6.07) is 14.3. The first kappa shape index (κ1) is 15.3. The molecule has 2 aromatic carbocycles. The first-order valence-corrected chi connectivity index (χ1v) is 8.64. The number of rotatable bonds is 4. The fraction of sp³-hybridized carbons (Fsp3) is 0.118. The van der Waals surface area contributed by atoms with Crippen LogP contribution in [-0.2, 0) is 10.0 Å². The molecule has 0 spiro atoms. The van der Waals surface area contributed by atoms with Gasteiger partial charge in [-0.25, -0.2) is 8.42 Å². The van der Waals surface area contributed by atoms with Gasteiger partial charge < -0.3 is 0 Å². The van der Waals surface area contributed by atoms with Crippen molar-refractivity contribution in [3.8, 4) is 11.3 Å². The fourth-order valence-electron chi connectivity index (χ4n) is 2.48. The highest BCUT2D eigenvalue weighted by Gasteiger charge is 2.17.